The molecule has 1 aliphatic heterocycles. The molecule has 1 unspecified atom stereocenters. The van der Waals surface area contributed by atoms with Crippen LogP contribution in [0.5, 0.6) is 0 Å². The number of carbonyl (C=O) groups is 1. The van der Waals surface area contributed by atoms with Crippen LogP contribution in [-0.4, -0.2) is 17.4 Å². The predicted molar refractivity (Wildman–Crippen MR) is 81.8 cm³/mol. The minimum absolute atomic E-state index is 0.158. The first-order valence-electron chi connectivity index (χ1n) is 7.32. The molecule has 1 heterocycles. The third kappa shape index (κ3) is 4.05. The quantitative estimate of drug-likeness (QED) is 0.788. The molecule has 2 rings (SSSR count). The topological polar surface area (TPSA) is 20.3 Å². The fourth-order valence-electron chi connectivity index (χ4n) is 2.81. The van der Waals surface area contributed by atoms with Crippen molar-refractivity contribution < 1.29 is 9.18 Å². The van der Waals surface area contributed by atoms with Crippen molar-refractivity contribution in [1.29, 1.82) is 0 Å². The standard InChI is InChI=1S/C16H21BrFNO/c1-2-3-12-4-7-16(20)19(9-8-12)11-13-5-6-14(17)10-15(13)18/h5-6,10,12H,2-4,7-9,11H2,1H3. The van der Waals surface area contributed by atoms with Crippen LogP contribution >= 0.6 is 15.9 Å². The van der Waals surface area contributed by atoms with E-state index in [1.54, 1.807) is 6.07 Å². The zero-order valence-corrected chi connectivity index (χ0v) is 13.5. The van der Waals surface area contributed by atoms with Gasteiger partial charge in [0.05, 0.1) is 0 Å². The van der Waals surface area contributed by atoms with E-state index in [4.69, 9.17) is 0 Å². The van der Waals surface area contributed by atoms with Gasteiger partial charge in [0.15, 0.2) is 0 Å². The van der Waals surface area contributed by atoms with Gasteiger partial charge < -0.3 is 4.90 Å². The van der Waals surface area contributed by atoms with Gasteiger partial charge in [0.2, 0.25) is 5.91 Å². The van der Waals surface area contributed by atoms with Gasteiger partial charge in [-0.05, 0) is 30.9 Å². The second-order valence-electron chi connectivity index (χ2n) is 5.53. The van der Waals surface area contributed by atoms with Gasteiger partial charge in [-0.1, -0.05) is 41.8 Å². The largest absolute Gasteiger partial charge is 0.338 e. The Labute approximate surface area is 128 Å². The van der Waals surface area contributed by atoms with Crippen molar-refractivity contribution in [1.82, 2.24) is 4.90 Å². The fraction of sp³-hybridized carbons (Fsp3) is 0.562. The first-order valence-corrected chi connectivity index (χ1v) is 8.11. The van der Waals surface area contributed by atoms with Gasteiger partial charge in [0.1, 0.15) is 5.82 Å². The Kier molecular flexibility index (Phi) is 5.58. The Balaban J connectivity index is 2.02. The molecule has 1 atom stereocenters. The maximum atomic E-state index is 13.9. The van der Waals surface area contributed by atoms with E-state index in [1.165, 1.54) is 18.9 Å². The zero-order valence-electron chi connectivity index (χ0n) is 11.9. The summed E-state index contributed by atoms with van der Waals surface area (Å²) in [5.74, 6) is 0.552. The van der Waals surface area contributed by atoms with Gasteiger partial charge in [0, 0.05) is 29.5 Å². The van der Waals surface area contributed by atoms with E-state index in [-0.39, 0.29) is 11.7 Å². The summed E-state index contributed by atoms with van der Waals surface area (Å²) in [5.41, 5.74) is 0.593. The van der Waals surface area contributed by atoms with Crippen molar-refractivity contribution >= 4 is 21.8 Å². The molecule has 0 aromatic heterocycles. The maximum absolute atomic E-state index is 13.9. The molecule has 110 valence electrons. The lowest BCUT2D eigenvalue weighted by molar-refractivity contribution is -0.131. The molecule has 0 N–H and O–H groups in total. The van der Waals surface area contributed by atoms with Crippen LogP contribution in [0.15, 0.2) is 22.7 Å². The Bertz CT molecular complexity index is 478. The summed E-state index contributed by atoms with van der Waals surface area (Å²) in [7, 11) is 0. The minimum atomic E-state index is -0.249. The molecule has 1 aromatic rings. The number of nitrogens with zero attached hydrogens (tertiary/aromatic N) is 1. The Morgan fingerprint density at radius 2 is 2.20 bits per heavy atom. The third-order valence-corrected chi connectivity index (χ3v) is 4.49. The number of rotatable bonds is 4. The highest BCUT2D eigenvalue weighted by Gasteiger charge is 2.22. The second-order valence-corrected chi connectivity index (χ2v) is 6.45. The van der Waals surface area contributed by atoms with Crippen LogP contribution in [-0.2, 0) is 11.3 Å². The summed E-state index contributed by atoms with van der Waals surface area (Å²) in [6.45, 7) is 3.32. The third-order valence-electron chi connectivity index (χ3n) is 4.00. The molecule has 0 radical (unpaired) electrons. The highest BCUT2D eigenvalue weighted by atomic mass is 79.9. The van der Waals surface area contributed by atoms with Crippen molar-refractivity contribution in [3.05, 3.63) is 34.1 Å². The van der Waals surface area contributed by atoms with E-state index in [0.29, 0.717) is 24.4 Å². The molecule has 4 heteroatoms. The molecule has 2 nitrogen and oxygen atoms in total. The number of amides is 1. The van der Waals surface area contributed by atoms with E-state index in [0.717, 1.165) is 23.9 Å². The zero-order chi connectivity index (χ0) is 14.5. The molecule has 20 heavy (non-hydrogen) atoms. The van der Waals surface area contributed by atoms with Crippen LogP contribution in [0.25, 0.3) is 0 Å². The average molecular weight is 342 g/mol. The van der Waals surface area contributed by atoms with Crippen LogP contribution in [0.1, 0.15) is 44.6 Å². The van der Waals surface area contributed by atoms with Crippen molar-refractivity contribution in [3.8, 4) is 0 Å². The lowest BCUT2D eigenvalue weighted by atomic mass is 9.96. The lowest BCUT2D eigenvalue weighted by Crippen LogP contribution is -2.30. The smallest absolute Gasteiger partial charge is 0.222 e. The SMILES string of the molecule is CCCC1CCC(=O)N(Cc2ccc(Br)cc2F)CC1. The number of carbonyl (C=O) groups excluding carboxylic acids is 1. The Morgan fingerprint density at radius 1 is 1.40 bits per heavy atom. The summed E-state index contributed by atoms with van der Waals surface area (Å²) >= 11 is 3.25. The normalized spacial score (nSPS) is 20.1. The molecule has 1 aliphatic rings. The summed E-state index contributed by atoms with van der Waals surface area (Å²) < 4.78 is 14.6. The summed E-state index contributed by atoms with van der Waals surface area (Å²) in [5, 5.41) is 0. The molecule has 1 amide bonds. The number of halogens is 2. The number of likely N-dealkylation sites (tertiary alicyclic amines) is 1. The first-order chi connectivity index (χ1) is 9.60. The molecule has 1 saturated heterocycles. The molecule has 0 saturated carbocycles. The van der Waals surface area contributed by atoms with Crippen molar-refractivity contribution in [2.75, 3.05) is 6.54 Å². The van der Waals surface area contributed by atoms with Crippen LogP contribution in [0, 0.1) is 11.7 Å². The van der Waals surface area contributed by atoms with Crippen molar-refractivity contribution in [2.45, 2.75) is 45.6 Å². The minimum Gasteiger partial charge on any atom is -0.338 e. The predicted octanol–water partition coefficient (Wildman–Crippen LogP) is 4.52. The average Bonchev–Trinajstić information content (AvgIpc) is 2.57. The number of benzene rings is 1. The summed E-state index contributed by atoms with van der Waals surface area (Å²) in [6, 6.07) is 5.03. The number of hydrogen-bond acceptors (Lipinski definition) is 1. The Hall–Kier alpha value is -0.900. The molecular formula is C16H21BrFNO. The van der Waals surface area contributed by atoms with Crippen LogP contribution < -0.4 is 0 Å². The van der Waals surface area contributed by atoms with E-state index in [2.05, 4.69) is 22.9 Å². The monoisotopic (exact) mass is 341 g/mol. The van der Waals surface area contributed by atoms with Crippen LogP contribution in [0.4, 0.5) is 4.39 Å². The van der Waals surface area contributed by atoms with Crippen LogP contribution in [0.3, 0.4) is 0 Å². The van der Waals surface area contributed by atoms with Crippen molar-refractivity contribution in [2.24, 2.45) is 5.92 Å². The van der Waals surface area contributed by atoms with Crippen molar-refractivity contribution in [3.63, 3.8) is 0 Å². The lowest BCUT2D eigenvalue weighted by Gasteiger charge is -2.21. The van der Waals surface area contributed by atoms with Gasteiger partial charge in [0.25, 0.3) is 0 Å². The highest BCUT2D eigenvalue weighted by Crippen LogP contribution is 2.24. The molecule has 1 fully saturated rings. The Morgan fingerprint density at radius 3 is 2.90 bits per heavy atom. The van der Waals surface area contributed by atoms with Gasteiger partial charge in [-0.15, -0.1) is 0 Å². The maximum Gasteiger partial charge on any atom is 0.222 e. The summed E-state index contributed by atoms with van der Waals surface area (Å²) in [6.07, 6.45) is 4.97. The highest BCUT2D eigenvalue weighted by molar-refractivity contribution is 9.10. The fourth-order valence-corrected chi connectivity index (χ4v) is 3.15. The van der Waals surface area contributed by atoms with E-state index in [9.17, 15) is 9.18 Å². The first kappa shape index (κ1) is 15.5. The molecular weight excluding hydrogens is 321 g/mol. The van der Waals surface area contributed by atoms with E-state index < -0.39 is 0 Å². The number of hydrogen-bond donors (Lipinski definition) is 0. The second kappa shape index (κ2) is 7.21. The molecule has 0 aliphatic carbocycles. The molecule has 0 spiro atoms. The summed E-state index contributed by atoms with van der Waals surface area (Å²) in [4.78, 5) is 13.9. The molecule has 1 aromatic carbocycles. The van der Waals surface area contributed by atoms with Crippen LogP contribution in [0.2, 0.25) is 0 Å². The van der Waals surface area contributed by atoms with E-state index in [1.807, 2.05) is 11.0 Å². The van der Waals surface area contributed by atoms with Gasteiger partial charge in [-0.25, -0.2) is 4.39 Å². The van der Waals surface area contributed by atoms with Gasteiger partial charge in [-0.3, -0.25) is 4.79 Å². The van der Waals surface area contributed by atoms with E-state index >= 15 is 0 Å². The van der Waals surface area contributed by atoms with Gasteiger partial charge in [-0.2, -0.15) is 0 Å². The molecule has 0 bridgehead atoms. The van der Waals surface area contributed by atoms with Gasteiger partial charge >= 0.3 is 0 Å².